The molecule has 2 aromatic carbocycles. The van der Waals surface area contributed by atoms with Gasteiger partial charge in [0.1, 0.15) is 19.0 Å². The highest BCUT2D eigenvalue weighted by Crippen LogP contribution is 2.32. The zero-order valence-electron chi connectivity index (χ0n) is 18.0. The normalized spacial score (nSPS) is 13.9. The highest BCUT2D eigenvalue weighted by atomic mass is 32.2. The van der Waals surface area contributed by atoms with E-state index in [2.05, 4.69) is 5.32 Å². The Morgan fingerprint density at radius 3 is 2.61 bits per heavy atom. The summed E-state index contributed by atoms with van der Waals surface area (Å²) >= 11 is 0. The van der Waals surface area contributed by atoms with Gasteiger partial charge in [-0.3, -0.25) is 9.10 Å². The van der Waals surface area contributed by atoms with Crippen LogP contribution in [0, 0.1) is 0 Å². The van der Waals surface area contributed by atoms with Gasteiger partial charge in [-0.15, -0.1) is 0 Å². The molecule has 0 saturated heterocycles. The number of carbonyl (C=O) groups excluding carboxylic acids is 1. The summed E-state index contributed by atoms with van der Waals surface area (Å²) in [5.74, 6) is 1.79. The van der Waals surface area contributed by atoms with Crippen molar-refractivity contribution in [3.8, 4) is 17.2 Å². The Labute approximate surface area is 183 Å². The molecule has 168 valence electrons. The van der Waals surface area contributed by atoms with Crippen molar-refractivity contribution in [3.63, 3.8) is 0 Å². The van der Waals surface area contributed by atoms with Crippen LogP contribution in [0.15, 0.2) is 42.5 Å². The van der Waals surface area contributed by atoms with Crippen molar-refractivity contribution >= 4 is 21.6 Å². The summed E-state index contributed by atoms with van der Waals surface area (Å²) in [5.41, 5.74) is 1.42. The summed E-state index contributed by atoms with van der Waals surface area (Å²) in [5, 5.41) is 2.95. The number of rotatable bonds is 9. The summed E-state index contributed by atoms with van der Waals surface area (Å²) in [4.78, 5) is 12.4. The van der Waals surface area contributed by atoms with E-state index in [0.717, 1.165) is 11.8 Å². The van der Waals surface area contributed by atoms with Gasteiger partial charge in [0.2, 0.25) is 15.9 Å². The molecule has 0 bridgehead atoms. The fourth-order valence-electron chi connectivity index (χ4n) is 3.36. The Bertz CT molecular complexity index is 1020. The van der Waals surface area contributed by atoms with Crippen LogP contribution in [0.2, 0.25) is 0 Å². The molecule has 1 heterocycles. The number of amides is 1. The van der Waals surface area contributed by atoms with Crippen LogP contribution >= 0.6 is 0 Å². The van der Waals surface area contributed by atoms with Crippen LogP contribution in [-0.2, 0) is 14.8 Å². The molecule has 1 aliphatic rings. The Morgan fingerprint density at radius 1 is 1.16 bits per heavy atom. The third kappa shape index (κ3) is 6.04. The number of fused-ring (bicyclic) bond motifs is 1. The molecule has 2 aromatic rings. The fourth-order valence-corrected chi connectivity index (χ4v) is 4.32. The highest BCUT2D eigenvalue weighted by molar-refractivity contribution is 7.92. The standard InChI is InChI=1S/C22H28N2O6S/c1-16(17-9-10-20-21(14-17)30-13-12-29-20)23-22(25)8-5-11-24(31(3,26)27)18-6-4-7-19(15-18)28-2/h4,6-7,9-10,14-16H,5,8,11-13H2,1-3H3,(H,23,25). The number of sulfonamides is 1. The van der Waals surface area contributed by atoms with Crippen molar-refractivity contribution in [3.05, 3.63) is 48.0 Å². The van der Waals surface area contributed by atoms with Crippen molar-refractivity contribution in [2.24, 2.45) is 0 Å². The molecule has 0 aliphatic carbocycles. The zero-order chi connectivity index (χ0) is 22.4. The summed E-state index contributed by atoms with van der Waals surface area (Å²) in [6, 6.07) is 12.2. The predicted molar refractivity (Wildman–Crippen MR) is 118 cm³/mol. The Balaban J connectivity index is 1.56. The van der Waals surface area contributed by atoms with Gasteiger partial charge < -0.3 is 19.5 Å². The lowest BCUT2D eigenvalue weighted by atomic mass is 10.1. The third-order valence-corrected chi connectivity index (χ3v) is 6.14. The average molecular weight is 449 g/mol. The molecule has 1 amide bonds. The molecule has 9 heteroatoms. The van der Waals surface area contributed by atoms with E-state index in [4.69, 9.17) is 14.2 Å². The van der Waals surface area contributed by atoms with Gasteiger partial charge in [0, 0.05) is 19.0 Å². The number of carbonyl (C=O) groups is 1. The van der Waals surface area contributed by atoms with Crippen LogP contribution in [0.5, 0.6) is 17.2 Å². The van der Waals surface area contributed by atoms with E-state index in [-0.39, 0.29) is 24.9 Å². The maximum atomic E-state index is 12.4. The Morgan fingerprint density at radius 2 is 1.90 bits per heavy atom. The maximum Gasteiger partial charge on any atom is 0.232 e. The van der Waals surface area contributed by atoms with Crippen LogP contribution in [0.4, 0.5) is 5.69 Å². The van der Waals surface area contributed by atoms with Gasteiger partial charge in [-0.1, -0.05) is 12.1 Å². The molecular formula is C22H28N2O6S. The highest BCUT2D eigenvalue weighted by Gasteiger charge is 2.19. The SMILES string of the molecule is COc1cccc(N(CCCC(=O)NC(C)c2ccc3c(c2)OCCO3)S(C)(=O)=O)c1. The second kappa shape index (κ2) is 9.91. The van der Waals surface area contributed by atoms with E-state index >= 15 is 0 Å². The van der Waals surface area contributed by atoms with E-state index in [1.807, 2.05) is 25.1 Å². The first kappa shape index (κ1) is 22.7. The first-order chi connectivity index (χ1) is 14.8. The van der Waals surface area contributed by atoms with Gasteiger partial charge in [0.15, 0.2) is 11.5 Å². The van der Waals surface area contributed by atoms with Gasteiger partial charge in [-0.05, 0) is 43.2 Å². The molecule has 0 aromatic heterocycles. The number of hydrogen-bond donors (Lipinski definition) is 1. The minimum absolute atomic E-state index is 0.151. The Kier molecular flexibility index (Phi) is 7.27. The van der Waals surface area contributed by atoms with Crippen molar-refractivity contribution in [2.75, 3.05) is 37.4 Å². The Hall–Kier alpha value is -2.94. The molecule has 1 unspecified atom stereocenters. The number of methoxy groups -OCH3 is 1. The maximum absolute atomic E-state index is 12.4. The first-order valence-electron chi connectivity index (χ1n) is 10.1. The molecule has 3 rings (SSSR count). The molecule has 1 aliphatic heterocycles. The fraction of sp³-hybridized carbons (Fsp3) is 0.409. The molecule has 1 atom stereocenters. The van der Waals surface area contributed by atoms with Gasteiger partial charge in [0.05, 0.1) is 25.1 Å². The lowest BCUT2D eigenvalue weighted by Crippen LogP contribution is -2.32. The number of nitrogens with one attached hydrogen (secondary N) is 1. The number of ether oxygens (including phenoxy) is 3. The number of anilines is 1. The smallest absolute Gasteiger partial charge is 0.232 e. The van der Waals surface area contributed by atoms with E-state index < -0.39 is 10.0 Å². The molecular weight excluding hydrogens is 420 g/mol. The third-order valence-electron chi connectivity index (χ3n) is 4.95. The van der Waals surface area contributed by atoms with Gasteiger partial charge in [-0.25, -0.2) is 8.42 Å². The minimum Gasteiger partial charge on any atom is -0.497 e. The van der Waals surface area contributed by atoms with E-state index in [0.29, 0.717) is 42.6 Å². The quantitative estimate of drug-likeness (QED) is 0.634. The molecule has 0 saturated carbocycles. The first-order valence-corrected chi connectivity index (χ1v) is 11.9. The van der Waals surface area contributed by atoms with Crippen LogP contribution in [0.3, 0.4) is 0 Å². The monoisotopic (exact) mass is 448 g/mol. The van der Waals surface area contributed by atoms with Crippen LogP contribution in [-0.4, -0.2) is 47.4 Å². The number of nitrogens with zero attached hydrogens (tertiary/aromatic N) is 1. The van der Waals surface area contributed by atoms with Gasteiger partial charge in [-0.2, -0.15) is 0 Å². The van der Waals surface area contributed by atoms with Gasteiger partial charge in [0.25, 0.3) is 0 Å². The molecule has 0 fully saturated rings. The molecule has 8 nitrogen and oxygen atoms in total. The molecule has 31 heavy (non-hydrogen) atoms. The number of benzene rings is 2. The summed E-state index contributed by atoms with van der Waals surface area (Å²) < 4.78 is 42.1. The van der Waals surface area contributed by atoms with Crippen LogP contribution in [0.1, 0.15) is 31.4 Å². The molecule has 1 N–H and O–H groups in total. The van der Waals surface area contributed by atoms with Crippen molar-refractivity contribution in [2.45, 2.75) is 25.8 Å². The van der Waals surface area contributed by atoms with E-state index in [1.54, 1.807) is 24.3 Å². The zero-order valence-corrected chi connectivity index (χ0v) is 18.8. The van der Waals surface area contributed by atoms with Crippen LogP contribution < -0.4 is 23.8 Å². The molecule has 0 radical (unpaired) electrons. The van der Waals surface area contributed by atoms with Crippen molar-refractivity contribution in [1.29, 1.82) is 0 Å². The largest absolute Gasteiger partial charge is 0.497 e. The second-order valence-corrected chi connectivity index (χ2v) is 9.24. The summed E-state index contributed by atoms with van der Waals surface area (Å²) in [6.45, 7) is 3.11. The topological polar surface area (TPSA) is 94.2 Å². The minimum atomic E-state index is -3.50. The lowest BCUT2D eigenvalue weighted by Gasteiger charge is -2.23. The lowest BCUT2D eigenvalue weighted by molar-refractivity contribution is -0.121. The van der Waals surface area contributed by atoms with Crippen molar-refractivity contribution in [1.82, 2.24) is 5.32 Å². The van der Waals surface area contributed by atoms with Crippen LogP contribution in [0.25, 0.3) is 0 Å². The van der Waals surface area contributed by atoms with Gasteiger partial charge >= 0.3 is 0 Å². The second-order valence-electron chi connectivity index (χ2n) is 7.33. The van der Waals surface area contributed by atoms with Crippen molar-refractivity contribution < 1.29 is 27.4 Å². The molecule has 0 spiro atoms. The van der Waals surface area contributed by atoms with E-state index in [9.17, 15) is 13.2 Å². The summed E-state index contributed by atoms with van der Waals surface area (Å²) in [7, 11) is -1.97. The number of hydrogen-bond acceptors (Lipinski definition) is 6. The summed E-state index contributed by atoms with van der Waals surface area (Å²) in [6.07, 6.45) is 1.73. The van der Waals surface area contributed by atoms with E-state index in [1.165, 1.54) is 11.4 Å². The average Bonchev–Trinajstić information content (AvgIpc) is 2.75. The predicted octanol–water partition coefficient (Wildman–Crippen LogP) is 2.89.